The van der Waals surface area contributed by atoms with Crippen LogP contribution in [0.5, 0.6) is 0 Å². The van der Waals surface area contributed by atoms with Crippen LogP contribution in [0.25, 0.3) is 69.9 Å². The lowest BCUT2D eigenvalue weighted by Crippen LogP contribution is -2.37. The van der Waals surface area contributed by atoms with Crippen molar-refractivity contribution in [2.24, 2.45) is 0 Å². The quantitative estimate of drug-likeness (QED) is 0.164. The van der Waals surface area contributed by atoms with Gasteiger partial charge in [-0.2, -0.15) is 0 Å². The van der Waals surface area contributed by atoms with Crippen LogP contribution >= 0.6 is 11.3 Å². The largest absolute Gasteiger partial charge is 0.309 e. The molecule has 226 valence electrons. The normalized spacial score (nSPS) is 12.6. The van der Waals surface area contributed by atoms with Crippen molar-refractivity contribution in [3.63, 3.8) is 0 Å². The molecule has 0 saturated carbocycles. The Balaban J connectivity index is 1.16. The van der Waals surface area contributed by atoms with E-state index in [-0.39, 0.29) is 0 Å². The first-order valence-corrected chi connectivity index (χ1v) is 24.1. The third-order valence-electron chi connectivity index (χ3n) is 9.55. The van der Waals surface area contributed by atoms with Crippen LogP contribution in [0.4, 0.5) is 0 Å². The lowest BCUT2D eigenvalue weighted by atomic mass is 9.99. The zero-order valence-corrected chi connectivity index (χ0v) is 30.3. The molecule has 0 unspecified atom stereocenters. The molecule has 0 aliphatic carbocycles. The van der Waals surface area contributed by atoms with E-state index >= 15 is 0 Å². The van der Waals surface area contributed by atoms with E-state index in [4.69, 9.17) is 0 Å². The minimum atomic E-state index is -1.45. The first-order chi connectivity index (χ1) is 22.0. The molecule has 0 radical (unpaired) electrons. The number of aromatic nitrogens is 1. The van der Waals surface area contributed by atoms with Crippen LogP contribution in [-0.2, 0) is 0 Å². The van der Waals surface area contributed by atoms with E-state index in [0.717, 1.165) is 0 Å². The first kappa shape index (κ1) is 29.2. The molecular weight excluding hydrogens is 607 g/mol. The molecule has 8 rings (SSSR count). The Labute approximate surface area is 277 Å². The molecule has 4 heteroatoms. The Morgan fingerprint density at radius 1 is 0.413 bits per heavy atom. The average molecular weight is 646 g/mol. The second kappa shape index (κ2) is 10.7. The molecule has 0 aliphatic rings. The van der Waals surface area contributed by atoms with E-state index < -0.39 is 16.1 Å². The molecule has 0 atom stereocenters. The molecule has 0 saturated heterocycles. The van der Waals surface area contributed by atoms with Crippen LogP contribution in [-0.4, -0.2) is 20.7 Å². The van der Waals surface area contributed by atoms with Crippen molar-refractivity contribution in [1.82, 2.24) is 4.57 Å². The maximum Gasteiger partial charge on any atom is 0.0776 e. The van der Waals surface area contributed by atoms with Gasteiger partial charge in [0.2, 0.25) is 0 Å². The van der Waals surface area contributed by atoms with Gasteiger partial charge in [0.05, 0.1) is 27.2 Å². The maximum atomic E-state index is 2.49. The van der Waals surface area contributed by atoms with Crippen LogP contribution in [0.1, 0.15) is 0 Å². The van der Waals surface area contributed by atoms with Crippen molar-refractivity contribution in [3.05, 3.63) is 127 Å². The van der Waals surface area contributed by atoms with Crippen molar-refractivity contribution in [2.75, 3.05) is 0 Å². The standard InChI is InChI=1S/C42H39NSSi2/c1-45(2,3)33-20-22-39-36(26-33)37-27-34(46(4,5)6)21-23-40(37)43(39)32-18-15-29(16-19-32)28-11-13-30(14-12-28)31-17-24-42-38(25-31)35-9-7-8-10-41(35)44-42/h7-27H,1-6H3. The fourth-order valence-electron chi connectivity index (χ4n) is 6.80. The third kappa shape index (κ3) is 4.96. The van der Waals surface area contributed by atoms with Crippen LogP contribution in [0.2, 0.25) is 39.3 Å². The Hall–Kier alpha value is -4.23. The predicted octanol–water partition coefficient (Wildman–Crippen LogP) is 11.6. The lowest BCUT2D eigenvalue weighted by molar-refractivity contribution is 1.18. The van der Waals surface area contributed by atoms with Gasteiger partial charge in [-0.05, 0) is 64.7 Å². The van der Waals surface area contributed by atoms with Gasteiger partial charge < -0.3 is 4.57 Å². The number of hydrogen-bond acceptors (Lipinski definition) is 1. The molecule has 0 N–H and O–H groups in total. The first-order valence-electron chi connectivity index (χ1n) is 16.3. The summed E-state index contributed by atoms with van der Waals surface area (Å²) in [6.07, 6.45) is 0. The number of thiophene rings is 1. The Morgan fingerprint density at radius 3 is 1.46 bits per heavy atom. The molecule has 0 amide bonds. The van der Waals surface area contributed by atoms with Gasteiger partial charge in [-0.25, -0.2) is 0 Å². The number of benzene rings is 6. The lowest BCUT2D eigenvalue weighted by Gasteiger charge is -2.17. The second-order valence-electron chi connectivity index (χ2n) is 14.7. The van der Waals surface area contributed by atoms with Crippen molar-refractivity contribution in [3.8, 4) is 27.9 Å². The highest BCUT2D eigenvalue weighted by molar-refractivity contribution is 7.25. The molecule has 0 aliphatic heterocycles. The van der Waals surface area contributed by atoms with E-state index in [1.807, 2.05) is 11.3 Å². The van der Waals surface area contributed by atoms with E-state index in [1.54, 1.807) is 0 Å². The third-order valence-corrected chi connectivity index (χ3v) is 14.8. The van der Waals surface area contributed by atoms with Crippen molar-refractivity contribution >= 4 is 79.8 Å². The second-order valence-corrected chi connectivity index (χ2v) is 26.0. The number of hydrogen-bond donors (Lipinski definition) is 0. The van der Waals surface area contributed by atoms with Crippen LogP contribution in [0.15, 0.2) is 127 Å². The van der Waals surface area contributed by atoms with Gasteiger partial charge >= 0.3 is 0 Å². The van der Waals surface area contributed by atoms with Gasteiger partial charge in [-0.1, -0.05) is 135 Å². The monoisotopic (exact) mass is 645 g/mol. The van der Waals surface area contributed by atoms with Gasteiger partial charge in [0.1, 0.15) is 0 Å². The summed E-state index contributed by atoms with van der Waals surface area (Å²) < 4.78 is 5.16. The fourth-order valence-corrected chi connectivity index (χ4v) is 10.2. The highest BCUT2D eigenvalue weighted by Crippen LogP contribution is 2.37. The van der Waals surface area contributed by atoms with Crippen LogP contribution in [0.3, 0.4) is 0 Å². The molecule has 2 heterocycles. The van der Waals surface area contributed by atoms with Crippen LogP contribution < -0.4 is 10.4 Å². The van der Waals surface area contributed by atoms with Gasteiger partial charge in [0, 0.05) is 36.6 Å². The number of rotatable bonds is 5. The highest BCUT2D eigenvalue weighted by Gasteiger charge is 2.22. The highest BCUT2D eigenvalue weighted by atomic mass is 32.1. The molecule has 0 bridgehead atoms. The molecule has 46 heavy (non-hydrogen) atoms. The molecule has 1 nitrogen and oxygen atoms in total. The van der Waals surface area contributed by atoms with E-state index in [0.29, 0.717) is 0 Å². The van der Waals surface area contributed by atoms with Crippen molar-refractivity contribution in [2.45, 2.75) is 39.3 Å². The van der Waals surface area contributed by atoms with Gasteiger partial charge in [0.15, 0.2) is 0 Å². The number of fused-ring (bicyclic) bond motifs is 6. The summed E-state index contributed by atoms with van der Waals surface area (Å²) in [5.74, 6) is 0. The molecule has 0 fully saturated rings. The molecule has 2 aromatic heterocycles. The smallest absolute Gasteiger partial charge is 0.0776 e. The van der Waals surface area contributed by atoms with Crippen molar-refractivity contribution in [1.29, 1.82) is 0 Å². The zero-order chi connectivity index (χ0) is 31.8. The Morgan fingerprint density at radius 2 is 0.891 bits per heavy atom. The van der Waals surface area contributed by atoms with Gasteiger partial charge in [-0.3, -0.25) is 0 Å². The summed E-state index contributed by atoms with van der Waals surface area (Å²) >= 11 is 1.87. The summed E-state index contributed by atoms with van der Waals surface area (Å²) in [6.45, 7) is 14.6. The Bertz CT molecular complexity index is 2340. The van der Waals surface area contributed by atoms with Gasteiger partial charge in [0.25, 0.3) is 0 Å². The SMILES string of the molecule is C[Si](C)(C)c1ccc2c(c1)c1cc([Si](C)(C)C)ccc1n2-c1ccc(-c2ccc(-c3ccc4sc5ccccc5c4c3)cc2)cc1. The summed E-state index contributed by atoms with van der Waals surface area (Å²) in [4.78, 5) is 0. The van der Waals surface area contributed by atoms with Gasteiger partial charge in [-0.15, -0.1) is 11.3 Å². The molecule has 8 aromatic rings. The minimum absolute atomic E-state index is 1.21. The number of nitrogens with zero attached hydrogens (tertiary/aromatic N) is 1. The molecule has 6 aromatic carbocycles. The topological polar surface area (TPSA) is 4.93 Å². The van der Waals surface area contributed by atoms with E-state index in [2.05, 4.69) is 171 Å². The Kier molecular flexibility index (Phi) is 6.77. The van der Waals surface area contributed by atoms with Crippen LogP contribution in [0, 0.1) is 0 Å². The summed E-state index contributed by atoms with van der Waals surface area (Å²) in [6, 6.07) is 48.2. The summed E-state index contributed by atoms with van der Waals surface area (Å²) in [5, 5.41) is 8.47. The minimum Gasteiger partial charge on any atom is -0.309 e. The predicted molar refractivity (Wildman–Crippen MR) is 211 cm³/mol. The molecule has 0 spiro atoms. The zero-order valence-electron chi connectivity index (χ0n) is 27.5. The average Bonchev–Trinajstić information content (AvgIpc) is 3.59. The van der Waals surface area contributed by atoms with Crippen molar-refractivity contribution < 1.29 is 0 Å². The maximum absolute atomic E-state index is 2.49. The summed E-state index contributed by atoms with van der Waals surface area (Å²) in [7, 11) is -2.90. The summed E-state index contributed by atoms with van der Waals surface area (Å²) in [5.41, 5.74) is 8.76. The fraction of sp³-hybridized carbons (Fsp3) is 0.143. The van der Waals surface area contributed by atoms with E-state index in [1.165, 1.54) is 80.3 Å². The van der Waals surface area contributed by atoms with E-state index in [9.17, 15) is 0 Å². The molecular formula is C42H39NSSi2.